The monoisotopic (exact) mass is 895 g/mol. The number of aliphatic hydroxyl groups is 3. The molecular weight excluding hydrogens is 820 g/mol. The number of benzene rings is 1. The second-order valence-electron chi connectivity index (χ2n) is 21.4. The molecule has 1 aromatic rings. The van der Waals surface area contributed by atoms with E-state index in [4.69, 9.17) is 9.47 Å². The Bertz CT molecular complexity index is 1740. The number of unbranched alkanes of at least 4 members (excludes halogenated alkanes) is 11. The number of carbonyl (C=O) groups excluding carboxylic acids is 2. The Morgan fingerprint density at radius 2 is 1.37 bits per heavy atom. The molecule has 3 N–H and O–H groups in total. The first kappa shape index (κ1) is 50.2. The van der Waals surface area contributed by atoms with Gasteiger partial charge in [0.05, 0.1) is 18.8 Å². The second kappa shape index (κ2) is 19.5. The van der Waals surface area contributed by atoms with E-state index in [1.165, 1.54) is 90.3 Å². The summed E-state index contributed by atoms with van der Waals surface area (Å²) in [7, 11) is 0. The molecule has 63 heavy (non-hydrogen) atoms. The molecule has 5 aliphatic carbocycles. The highest BCUT2D eigenvalue weighted by molar-refractivity contribution is 5.82. The zero-order valence-electron chi connectivity index (χ0n) is 38.4. The van der Waals surface area contributed by atoms with Gasteiger partial charge in [-0.05, 0) is 86.2 Å². The predicted octanol–water partition coefficient (Wildman–Crippen LogP) is 12.0. The number of aliphatic hydroxyl groups excluding tert-OH is 1. The van der Waals surface area contributed by atoms with Gasteiger partial charge in [0.1, 0.15) is 24.3 Å². The molecule has 7 nitrogen and oxygen atoms in total. The molecule has 0 radical (unpaired) electrons. The van der Waals surface area contributed by atoms with Crippen LogP contribution in [0.25, 0.3) is 0 Å². The summed E-state index contributed by atoms with van der Waals surface area (Å²) >= 11 is 0. The first-order chi connectivity index (χ1) is 29.7. The average Bonchev–Trinajstić information content (AvgIpc) is 3.83. The van der Waals surface area contributed by atoms with E-state index >= 15 is 8.78 Å². The van der Waals surface area contributed by atoms with Crippen LogP contribution in [0.1, 0.15) is 192 Å². The lowest BCUT2D eigenvalue weighted by Crippen LogP contribution is -2.65. The smallest absolute Gasteiger partial charge is 0.390 e. The van der Waals surface area contributed by atoms with Gasteiger partial charge in [-0.15, -0.1) is 0 Å². The number of alkyl halides is 5. The number of Topliss-reactive ketones (excluding diaryl/α,β-unsaturated/α-hetero) is 1. The minimum absolute atomic E-state index is 0.00314. The maximum atomic E-state index is 15.2. The molecule has 1 aliphatic heterocycles. The summed E-state index contributed by atoms with van der Waals surface area (Å²) in [5.74, 6) is -8.48. The van der Waals surface area contributed by atoms with Gasteiger partial charge >= 0.3 is 12.1 Å². The van der Waals surface area contributed by atoms with Crippen molar-refractivity contribution >= 4 is 12.1 Å². The number of hydrogen-bond donors (Lipinski definition) is 3. The van der Waals surface area contributed by atoms with E-state index in [0.717, 1.165) is 24.8 Å². The molecule has 7 rings (SSSR count). The number of ketones is 1. The van der Waals surface area contributed by atoms with Gasteiger partial charge in [-0.2, -0.15) is 22.0 Å². The first-order valence-corrected chi connectivity index (χ1v) is 24.3. The number of carbonyl (C=O) groups is 2. The number of ether oxygens (including phenoxy) is 2. The van der Waals surface area contributed by atoms with Gasteiger partial charge in [0, 0.05) is 35.2 Å². The van der Waals surface area contributed by atoms with E-state index in [1.54, 1.807) is 24.3 Å². The van der Waals surface area contributed by atoms with Gasteiger partial charge in [-0.1, -0.05) is 135 Å². The van der Waals surface area contributed by atoms with Crippen LogP contribution in [0.15, 0.2) is 35.4 Å². The molecule has 5 fully saturated rings. The summed E-state index contributed by atoms with van der Waals surface area (Å²) < 4.78 is 82.9. The molecule has 0 amide bonds. The average molecular weight is 895 g/mol. The number of halogens is 5. The number of aldehydes is 1. The summed E-state index contributed by atoms with van der Waals surface area (Å²) in [6.07, 6.45) is 15.6. The van der Waals surface area contributed by atoms with Crippen molar-refractivity contribution in [3.05, 3.63) is 46.5 Å². The Kier molecular flexibility index (Phi) is 15.6. The van der Waals surface area contributed by atoms with Crippen molar-refractivity contribution in [2.45, 2.75) is 210 Å². The Balaban J connectivity index is 0.000000255. The highest BCUT2D eigenvalue weighted by Gasteiger charge is 2.79. The molecule has 0 unspecified atom stereocenters. The fourth-order valence-corrected chi connectivity index (χ4v) is 13.4. The molecule has 356 valence electrons. The zero-order chi connectivity index (χ0) is 46.0. The van der Waals surface area contributed by atoms with Crippen LogP contribution >= 0.6 is 0 Å². The van der Waals surface area contributed by atoms with E-state index in [1.807, 2.05) is 0 Å². The van der Waals surface area contributed by atoms with Crippen molar-refractivity contribution in [3.8, 4) is 0 Å². The van der Waals surface area contributed by atoms with Crippen molar-refractivity contribution < 1.29 is 56.3 Å². The van der Waals surface area contributed by atoms with Crippen LogP contribution in [0.3, 0.4) is 0 Å². The second-order valence-corrected chi connectivity index (χ2v) is 21.4. The predicted molar refractivity (Wildman–Crippen MR) is 232 cm³/mol. The zero-order valence-corrected chi connectivity index (χ0v) is 38.4. The lowest BCUT2D eigenvalue weighted by atomic mass is 9.49. The van der Waals surface area contributed by atoms with Crippen molar-refractivity contribution in [1.82, 2.24) is 0 Å². The van der Waals surface area contributed by atoms with Gasteiger partial charge < -0.3 is 29.6 Å². The van der Waals surface area contributed by atoms with Crippen molar-refractivity contribution in [2.24, 2.45) is 28.1 Å². The normalized spacial score (nSPS) is 31.9. The van der Waals surface area contributed by atoms with Gasteiger partial charge in [0.2, 0.25) is 5.79 Å². The van der Waals surface area contributed by atoms with E-state index in [9.17, 15) is 38.1 Å². The number of rotatable bonds is 18. The van der Waals surface area contributed by atoms with Crippen molar-refractivity contribution in [1.29, 1.82) is 0 Å². The van der Waals surface area contributed by atoms with Crippen LogP contribution in [-0.2, 0) is 24.8 Å². The van der Waals surface area contributed by atoms with Gasteiger partial charge in [-0.25, -0.2) is 0 Å². The topological polar surface area (TPSA) is 113 Å². The first-order valence-electron chi connectivity index (χ1n) is 24.3. The fraction of sp³-hybridized carbons (Fsp3) is 0.804. The largest absolute Gasteiger partial charge is 0.456 e. The van der Waals surface area contributed by atoms with E-state index < -0.39 is 65.3 Å². The third-order valence-corrected chi connectivity index (χ3v) is 16.4. The van der Waals surface area contributed by atoms with Crippen molar-refractivity contribution in [3.63, 3.8) is 0 Å². The summed E-state index contributed by atoms with van der Waals surface area (Å²) in [5.41, 5.74) is -3.33. The highest BCUT2D eigenvalue weighted by Crippen LogP contribution is 2.71. The molecule has 0 aromatic heterocycles. The molecular formula is C51H75F5O7. The molecule has 6 atom stereocenters. The quantitative estimate of drug-likeness (QED) is 0.0582. The van der Waals surface area contributed by atoms with E-state index in [-0.39, 0.29) is 56.5 Å². The molecule has 1 saturated heterocycles. The Labute approximate surface area is 372 Å². The van der Waals surface area contributed by atoms with Crippen LogP contribution in [0, 0.1) is 28.1 Å². The molecule has 1 heterocycles. The number of fused-ring (bicyclic) bond motifs is 4. The fourth-order valence-electron chi connectivity index (χ4n) is 13.4. The third-order valence-electron chi connectivity index (χ3n) is 16.4. The SMILES string of the molecule is CCCCCCCCCCCCCCC1(C=O)CC(C)(C)C1.C[C@]12C[C@H](c3ccc(C4(CO)OCCO4)cc3)C3=C4CCC(=O)C[C@]4(O)CC[C@H]3[C@@H]1CC[C@@]2(O)C(F)(F)C(F)(F)F. The van der Waals surface area contributed by atoms with E-state index in [0.29, 0.717) is 35.0 Å². The maximum absolute atomic E-state index is 15.2. The van der Waals surface area contributed by atoms with Crippen molar-refractivity contribution in [2.75, 3.05) is 19.8 Å². The minimum atomic E-state index is -5.92. The Morgan fingerprint density at radius 1 is 0.794 bits per heavy atom. The van der Waals surface area contributed by atoms with Crippen LogP contribution in [0.5, 0.6) is 0 Å². The highest BCUT2D eigenvalue weighted by atomic mass is 19.4. The lowest BCUT2D eigenvalue weighted by molar-refractivity contribution is -0.362. The van der Waals surface area contributed by atoms with Gasteiger partial charge in [0.15, 0.2) is 0 Å². The summed E-state index contributed by atoms with van der Waals surface area (Å²) in [5, 5.41) is 33.0. The summed E-state index contributed by atoms with van der Waals surface area (Å²) in [4.78, 5) is 23.7. The van der Waals surface area contributed by atoms with Crippen LogP contribution in [0.4, 0.5) is 22.0 Å². The molecule has 0 spiro atoms. The molecule has 1 aromatic carbocycles. The molecule has 0 bridgehead atoms. The summed E-state index contributed by atoms with van der Waals surface area (Å²) in [6, 6.07) is 6.79. The maximum Gasteiger partial charge on any atom is 0.456 e. The summed E-state index contributed by atoms with van der Waals surface area (Å²) in [6.45, 7) is 8.35. The van der Waals surface area contributed by atoms with Crippen LogP contribution in [0.2, 0.25) is 0 Å². The van der Waals surface area contributed by atoms with Crippen LogP contribution < -0.4 is 0 Å². The van der Waals surface area contributed by atoms with E-state index in [2.05, 4.69) is 20.8 Å². The standard InChI is InChI=1S/C30H35F5O6.C21H40O/c1-25-15-21(17-2-4-18(5-3-17)27(16-36)40-12-13-41-27)24-20(8-10-26(38)14-19(37)6-7-23(24)26)22(25)9-11-28(25,39)29(31,32)30(33,34)35;1-4-5-6-7-8-9-10-11-12-13-14-15-16-21(19-22)17-20(2,3)18-21/h2-5,20-22,36,38-39H,6-16H2,1H3;19H,4-18H2,1-3H3/t20-,21+,22-,25-,26+,28-;/m0./s1. The molecule has 12 heteroatoms. The number of hydrogen-bond acceptors (Lipinski definition) is 7. The number of allylic oxidation sites excluding steroid dienone is 1. The van der Waals surface area contributed by atoms with Gasteiger partial charge in [0.25, 0.3) is 0 Å². The lowest BCUT2D eigenvalue weighted by Gasteiger charge is -2.57. The Morgan fingerprint density at radius 3 is 1.89 bits per heavy atom. The van der Waals surface area contributed by atoms with Crippen LogP contribution in [-0.4, -0.2) is 70.5 Å². The molecule has 6 aliphatic rings. The van der Waals surface area contributed by atoms with Gasteiger partial charge in [-0.3, -0.25) is 4.79 Å². The molecule has 4 saturated carbocycles. The third kappa shape index (κ3) is 9.92. The Hall–Kier alpha value is -2.25. The minimum Gasteiger partial charge on any atom is -0.390 e.